The van der Waals surface area contributed by atoms with Crippen LogP contribution in [0.3, 0.4) is 0 Å². The van der Waals surface area contributed by atoms with Crippen LogP contribution in [-0.2, 0) is 0 Å². The second-order valence-corrected chi connectivity index (χ2v) is 25.8. The van der Waals surface area contributed by atoms with E-state index in [-0.39, 0.29) is 10.8 Å². The summed E-state index contributed by atoms with van der Waals surface area (Å²) in [5, 5.41) is 0. The fourth-order valence-corrected chi connectivity index (χ4v) is 21.5. The van der Waals surface area contributed by atoms with Crippen molar-refractivity contribution < 1.29 is 0 Å². The minimum atomic E-state index is -1.50. The summed E-state index contributed by atoms with van der Waals surface area (Å²) in [6.07, 6.45) is 0. The molecule has 1 aliphatic heterocycles. The summed E-state index contributed by atoms with van der Waals surface area (Å²) in [6.45, 7) is 31.8. The second-order valence-electron chi connectivity index (χ2n) is 12.8. The van der Waals surface area contributed by atoms with Gasteiger partial charge in [-0.15, -0.1) is 0 Å². The Hall–Kier alpha value is -0.569. The van der Waals surface area contributed by atoms with Crippen LogP contribution in [0.25, 0.3) is 0 Å². The van der Waals surface area contributed by atoms with Crippen molar-refractivity contribution in [3.05, 3.63) is 24.3 Å². The average molecular weight is 435 g/mol. The van der Waals surface area contributed by atoms with Gasteiger partial charge >= 0.3 is 0 Å². The van der Waals surface area contributed by atoms with Crippen molar-refractivity contribution in [2.75, 3.05) is 22.2 Å². The maximum Gasteiger partial charge on any atom is 0.0788 e. The van der Waals surface area contributed by atoms with Crippen LogP contribution in [0.4, 0.5) is 11.4 Å². The highest BCUT2D eigenvalue weighted by molar-refractivity contribution is 7.01. The highest BCUT2D eigenvalue weighted by atomic mass is 28.5. The summed E-state index contributed by atoms with van der Waals surface area (Å²) >= 11 is 0. The van der Waals surface area contributed by atoms with Gasteiger partial charge < -0.3 is 13.0 Å². The molecule has 28 heavy (non-hydrogen) atoms. The zero-order valence-corrected chi connectivity index (χ0v) is 23.6. The monoisotopic (exact) mass is 434 g/mol. The fraction of sp³-hybridized carbons (Fsp3) is 0.727. The van der Waals surface area contributed by atoms with Gasteiger partial charge in [-0.3, -0.25) is 0 Å². The van der Waals surface area contributed by atoms with Crippen molar-refractivity contribution in [1.82, 2.24) is 3.90 Å². The van der Waals surface area contributed by atoms with E-state index in [1.807, 2.05) is 0 Å². The quantitative estimate of drug-likeness (QED) is 0.499. The van der Waals surface area contributed by atoms with Crippen molar-refractivity contribution in [2.45, 2.75) is 80.8 Å². The van der Waals surface area contributed by atoms with E-state index >= 15 is 0 Å². The first kappa shape index (κ1) is 23.7. The first-order valence-corrected chi connectivity index (χ1v) is 19.0. The molecule has 0 amide bonds. The average Bonchev–Trinajstić information content (AvgIpc) is 2.68. The molecule has 0 fully saturated rings. The van der Waals surface area contributed by atoms with Crippen LogP contribution < -0.4 is 9.13 Å². The number of hydrogen-bond donors (Lipinski definition) is 0. The molecule has 1 heterocycles. The Labute approximate surface area is 179 Å². The van der Waals surface area contributed by atoms with Gasteiger partial charge in [0.1, 0.15) is 0 Å². The molecule has 0 aromatic heterocycles. The Balaban J connectivity index is 2.70. The van der Waals surface area contributed by atoms with Crippen molar-refractivity contribution in [1.29, 1.82) is 0 Å². The van der Waals surface area contributed by atoms with E-state index in [0.717, 1.165) is 13.1 Å². The molecule has 1 aromatic rings. The smallest absolute Gasteiger partial charge is 0.0788 e. The number of rotatable bonds is 5. The van der Waals surface area contributed by atoms with Gasteiger partial charge in [0.15, 0.2) is 0 Å². The molecule has 1 aromatic carbocycles. The van der Waals surface area contributed by atoms with Crippen LogP contribution in [0.5, 0.6) is 0 Å². The van der Waals surface area contributed by atoms with E-state index in [1.54, 1.807) is 0 Å². The molecule has 0 bridgehead atoms. The van der Waals surface area contributed by atoms with Gasteiger partial charge in [-0.2, -0.15) is 0 Å². The number of anilines is 2. The Kier molecular flexibility index (Phi) is 6.43. The highest BCUT2D eigenvalue weighted by Crippen LogP contribution is 2.43. The Morgan fingerprint density at radius 3 is 1.29 bits per heavy atom. The van der Waals surface area contributed by atoms with Gasteiger partial charge in [-0.1, -0.05) is 93.0 Å². The van der Waals surface area contributed by atoms with E-state index in [9.17, 15) is 0 Å². The first-order chi connectivity index (χ1) is 12.4. The third-order valence-corrected chi connectivity index (χ3v) is 18.8. The first-order valence-electron chi connectivity index (χ1n) is 10.7. The topological polar surface area (TPSA) is 9.72 Å². The molecule has 160 valence electrons. The minimum absolute atomic E-state index is 0.269. The summed E-state index contributed by atoms with van der Waals surface area (Å²) in [5.41, 5.74) is 3.45. The Morgan fingerprint density at radius 1 is 0.714 bits per heavy atom. The third kappa shape index (κ3) is 5.52. The molecule has 2 rings (SSSR count). The zero-order chi connectivity index (χ0) is 21.7. The molecule has 0 unspecified atom stereocenters. The van der Waals surface area contributed by atoms with E-state index in [2.05, 4.69) is 118 Å². The number of benzene rings is 1. The molecule has 0 atom stereocenters. The molecule has 1 aliphatic rings. The molecule has 6 heteroatoms. The van der Waals surface area contributed by atoms with E-state index < -0.39 is 25.8 Å². The van der Waals surface area contributed by atoms with Crippen LogP contribution >= 0.6 is 0 Å². The summed E-state index contributed by atoms with van der Waals surface area (Å²) in [6, 6.07) is 9.17. The number of hydrogen-bond acceptors (Lipinski definition) is 3. The summed E-state index contributed by atoms with van der Waals surface area (Å²) in [5.74, 6) is 0. The lowest BCUT2D eigenvalue weighted by Gasteiger charge is -2.64. The van der Waals surface area contributed by atoms with Gasteiger partial charge in [-0.05, 0) is 36.1 Å². The molecule has 3 nitrogen and oxygen atoms in total. The molecular weight excluding hydrogens is 391 g/mol. The SMILES string of the molecule is CC(C)(C)CN1c2ccccc2N(CC(C)(C)C)[Si-]1N([Si](C)(C)C)[Si](C)(C)C. The number of fused-ring (bicyclic) bond motifs is 1. The van der Waals surface area contributed by atoms with Crippen molar-refractivity contribution in [3.8, 4) is 0 Å². The van der Waals surface area contributed by atoms with E-state index in [1.165, 1.54) is 11.4 Å². The van der Waals surface area contributed by atoms with Crippen LogP contribution in [0.15, 0.2) is 24.3 Å². The fourth-order valence-electron chi connectivity index (χ4n) is 4.39. The normalized spacial score (nSPS) is 16.9. The van der Waals surface area contributed by atoms with Gasteiger partial charge in [0, 0.05) is 20.7 Å². The lowest BCUT2D eigenvalue weighted by Crippen LogP contribution is -2.74. The minimum Gasteiger partial charge on any atom is -0.512 e. The van der Waals surface area contributed by atoms with E-state index in [0.29, 0.717) is 0 Å². The van der Waals surface area contributed by atoms with E-state index in [4.69, 9.17) is 0 Å². The molecule has 0 aliphatic carbocycles. The highest BCUT2D eigenvalue weighted by Gasteiger charge is 2.41. The maximum atomic E-state index is 3.09. The maximum absolute atomic E-state index is 3.09. The van der Waals surface area contributed by atoms with Gasteiger partial charge in [0.25, 0.3) is 0 Å². The summed E-state index contributed by atoms with van der Waals surface area (Å²) in [4.78, 5) is 0. The van der Waals surface area contributed by atoms with Gasteiger partial charge in [0.2, 0.25) is 0 Å². The second kappa shape index (κ2) is 7.60. The molecule has 0 N–H and O–H groups in total. The molecular formula is C22H44N3Si3-. The lowest BCUT2D eigenvalue weighted by atomic mass is 9.96. The van der Waals surface area contributed by atoms with Gasteiger partial charge in [-0.25, -0.2) is 0 Å². The predicted octanol–water partition coefficient (Wildman–Crippen LogP) is 6.36. The van der Waals surface area contributed by atoms with Crippen LogP contribution in [0.1, 0.15) is 41.5 Å². The Bertz CT molecular complexity index is 621. The van der Waals surface area contributed by atoms with Crippen LogP contribution in [-0.4, -0.2) is 42.7 Å². The standard InChI is InChI=1S/C22H44N3Si3/c1-21(2,3)17-23-19-15-13-14-16-20(19)24(18-22(4,5)6)26(23)25(27(7,8)9)28(10,11)12/h13-16H,17-18H2,1-12H3/q-1. The Morgan fingerprint density at radius 2 is 1.04 bits per heavy atom. The predicted molar refractivity (Wildman–Crippen MR) is 134 cm³/mol. The molecule has 0 saturated heterocycles. The van der Waals surface area contributed by atoms with Gasteiger partial charge in [0.05, 0.1) is 16.5 Å². The number of nitrogens with zero attached hydrogens (tertiary/aromatic N) is 3. The van der Waals surface area contributed by atoms with Crippen LogP contribution in [0, 0.1) is 10.8 Å². The summed E-state index contributed by atoms with van der Waals surface area (Å²) < 4.78 is 8.73. The summed E-state index contributed by atoms with van der Waals surface area (Å²) in [7, 11) is -4.05. The third-order valence-electron chi connectivity index (χ3n) is 4.75. The largest absolute Gasteiger partial charge is 0.512 e. The van der Waals surface area contributed by atoms with Crippen molar-refractivity contribution in [2.24, 2.45) is 10.8 Å². The van der Waals surface area contributed by atoms with Crippen molar-refractivity contribution in [3.63, 3.8) is 0 Å². The van der Waals surface area contributed by atoms with Crippen molar-refractivity contribution >= 4 is 37.1 Å². The number of para-hydroxylation sites is 2. The molecule has 0 spiro atoms. The molecule has 0 saturated carbocycles. The molecule has 0 radical (unpaired) electrons. The lowest BCUT2D eigenvalue weighted by molar-refractivity contribution is 0.421. The zero-order valence-electron chi connectivity index (χ0n) is 20.6. The van der Waals surface area contributed by atoms with Crippen LogP contribution in [0.2, 0.25) is 39.3 Å².